The van der Waals surface area contributed by atoms with Gasteiger partial charge in [-0.25, -0.2) is 31.4 Å². The van der Waals surface area contributed by atoms with Crippen LogP contribution in [0.3, 0.4) is 0 Å². The van der Waals surface area contributed by atoms with Gasteiger partial charge in [0.05, 0.1) is 44.1 Å². The number of ether oxygens (including phenoxy) is 4. The van der Waals surface area contributed by atoms with Gasteiger partial charge in [0.15, 0.2) is 9.84 Å². The molecule has 0 bridgehead atoms. The van der Waals surface area contributed by atoms with E-state index in [4.69, 9.17) is 24.7 Å². The van der Waals surface area contributed by atoms with E-state index < -0.39 is 65.2 Å². The quantitative estimate of drug-likeness (QED) is 0.0969. The molecular formula is C44H48N8O11S2. The average molecular weight is 929 g/mol. The number of amides is 1. The molecule has 6 rings (SSSR count). The summed E-state index contributed by atoms with van der Waals surface area (Å²) < 4.78 is 83.4. The van der Waals surface area contributed by atoms with Crippen molar-refractivity contribution in [1.29, 1.82) is 0 Å². The van der Waals surface area contributed by atoms with Gasteiger partial charge in [-0.15, -0.1) is 10.2 Å². The fourth-order valence-corrected chi connectivity index (χ4v) is 10.2. The first-order valence-corrected chi connectivity index (χ1v) is 22.9. The summed E-state index contributed by atoms with van der Waals surface area (Å²) in [4.78, 5) is 28.8. The third kappa shape index (κ3) is 11.5. The number of nitrogen functional groups attached to an aromatic ring is 1. The van der Waals surface area contributed by atoms with Gasteiger partial charge in [0, 0.05) is 31.4 Å². The van der Waals surface area contributed by atoms with Gasteiger partial charge in [0.2, 0.25) is 15.8 Å². The zero-order valence-corrected chi connectivity index (χ0v) is 38.0. The maximum Gasteiger partial charge on any atom is 0.407 e. The predicted octanol–water partition coefficient (Wildman–Crippen LogP) is 5.45. The fourth-order valence-electron chi connectivity index (χ4n) is 6.56. The summed E-state index contributed by atoms with van der Waals surface area (Å²) in [6, 6.07) is 23.9. The molecule has 0 aliphatic heterocycles. The van der Waals surface area contributed by atoms with Crippen LogP contribution in [0.5, 0.6) is 17.2 Å². The Kier molecular flexibility index (Phi) is 14.4. The molecule has 19 nitrogen and oxygen atoms in total. The second-order valence-electron chi connectivity index (χ2n) is 15.5. The molecule has 65 heavy (non-hydrogen) atoms. The first kappa shape index (κ1) is 47.4. The van der Waals surface area contributed by atoms with Crippen LogP contribution >= 0.6 is 0 Å². The highest BCUT2D eigenvalue weighted by Gasteiger charge is 2.38. The van der Waals surface area contributed by atoms with Crippen LogP contribution in [0.2, 0.25) is 0 Å². The summed E-state index contributed by atoms with van der Waals surface area (Å²) in [7, 11) is -5.16. The Balaban J connectivity index is 1.62. The number of hydrogen-bond donors (Lipinski definition) is 3. The van der Waals surface area contributed by atoms with Crippen molar-refractivity contribution in [2.45, 2.75) is 55.8 Å². The van der Waals surface area contributed by atoms with E-state index in [1.165, 1.54) is 44.5 Å². The number of sulfonamides is 1. The molecule has 0 fully saturated rings. The van der Waals surface area contributed by atoms with Gasteiger partial charge >= 0.3 is 12.1 Å². The van der Waals surface area contributed by atoms with Crippen LogP contribution in [0.4, 0.5) is 10.6 Å². The van der Waals surface area contributed by atoms with Crippen molar-refractivity contribution in [3.63, 3.8) is 0 Å². The van der Waals surface area contributed by atoms with Gasteiger partial charge in [0.25, 0.3) is 0 Å². The van der Waals surface area contributed by atoms with Crippen molar-refractivity contribution in [1.82, 2.24) is 34.8 Å². The lowest BCUT2D eigenvalue weighted by atomic mass is 9.99. The van der Waals surface area contributed by atoms with Crippen LogP contribution in [0, 0.1) is 0 Å². The molecule has 0 aliphatic rings. The number of alkyl carbamates (subject to hydrolysis) is 1. The Morgan fingerprint density at radius 2 is 1.34 bits per heavy atom. The Bertz CT molecular complexity index is 2840. The molecule has 0 radical (unpaired) electrons. The number of pyridine rings is 1. The van der Waals surface area contributed by atoms with Crippen molar-refractivity contribution < 1.29 is 50.5 Å². The van der Waals surface area contributed by atoms with Gasteiger partial charge < -0.3 is 35.1 Å². The molecule has 4 aromatic carbocycles. The largest absolute Gasteiger partial charge is 0.497 e. The monoisotopic (exact) mass is 928 g/mol. The second-order valence-corrected chi connectivity index (χ2v) is 19.4. The number of tetrazole rings is 1. The summed E-state index contributed by atoms with van der Waals surface area (Å²) in [5, 5.41) is 25.5. The minimum Gasteiger partial charge on any atom is -0.497 e. The highest BCUT2D eigenvalue weighted by Crippen LogP contribution is 2.42. The highest BCUT2D eigenvalue weighted by molar-refractivity contribution is 7.93. The van der Waals surface area contributed by atoms with E-state index in [-0.39, 0.29) is 48.0 Å². The number of carbonyl (C=O) groups is 2. The molecule has 2 heterocycles. The van der Waals surface area contributed by atoms with Gasteiger partial charge in [-0.3, -0.25) is 0 Å². The van der Waals surface area contributed by atoms with Crippen LogP contribution in [0.15, 0.2) is 107 Å². The Hall–Kier alpha value is -7.10. The number of hydrogen-bond acceptors (Lipinski definition) is 15. The van der Waals surface area contributed by atoms with Crippen molar-refractivity contribution >= 4 is 37.7 Å². The molecule has 21 heteroatoms. The number of nitrogens with one attached hydrogen (secondary N) is 1. The third-order valence-electron chi connectivity index (χ3n) is 9.75. The summed E-state index contributed by atoms with van der Waals surface area (Å²) in [6.07, 6.45) is 0.342. The number of rotatable bonds is 18. The standard InChI is InChI=1S/C44H48N8O11S2/c1-44(2,3)63-43(55)46-21-22-64(56,57)37-20-19-35(31-23-36(42(53)54)40(45)47-24-31)38(41-48-50-52(49-41)27-30-11-17-34(62-6)18-12-30)39(37)65(58,59)51(25-28-7-13-32(60-4)14-8-28)26-29-9-15-33(61-5)16-10-29/h7-20,23-24H,21-22,25-27H2,1-6H3,(H2,45,47)(H,46,55)(H,53,54). The average Bonchev–Trinajstić information content (AvgIpc) is 3.73. The van der Waals surface area contributed by atoms with Crippen LogP contribution < -0.4 is 25.3 Å². The first-order chi connectivity index (χ1) is 30.8. The topological polar surface area (TPSA) is 257 Å². The summed E-state index contributed by atoms with van der Waals surface area (Å²) in [5.41, 5.74) is 6.11. The molecule has 4 N–H and O–H groups in total. The van der Waals surface area contributed by atoms with Crippen LogP contribution in [0.1, 0.15) is 47.8 Å². The Labute approximate surface area is 376 Å². The number of carboxylic acid groups (broad SMARTS) is 1. The molecule has 0 aliphatic carbocycles. The maximum absolute atomic E-state index is 15.9. The van der Waals surface area contributed by atoms with Crippen molar-refractivity contribution in [3.8, 4) is 39.8 Å². The fraction of sp³-hybridized carbons (Fsp3) is 0.273. The smallest absolute Gasteiger partial charge is 0.407 e. The minimum absolute atomic E-state index is 0.0118. The minimum atomic E-state index is -5.02. The zero-order chi connectivity index (χ0) is 47.1. The lowest BCUT2D eigenvalue weighted by molar-refractivity contribution is 0.0530. The van der Waals surface area contributed by atoms with Crippen LogP contribution in [-0.2, 0) is 44.2 Å². The second kappa shape index (κ2) is 19.7. The SMILES string of the molecule is COc1ccc(CN(Cc2ccc(OC)cc2)S(=O)(=O)c2c(S(=O)(=O)CCNC(=O)OC(C)(C)C)ccc(-c3cnc(N)c(C(=O)O)c3)c2-c2nnn(Cc3ccc(OC)cc3)n2)cc1. The molecular weight excluding hydrogens is 881 g/mol. The van der Waals surface area contributed by atoms with Gasteiger partial charge in [-0.2, -0.15) is 9.10 Å². The molecule has 6 aromatic rings. The molecule has 0 spiro atoms. The molecule has 0 saturated carbocycles. The molecule has 0 atom stereocenters. The molecule has 2 aromatic heterocycles. The van der Waals surface area contributed by atoms with Gasteiger partial charge in [-0.1, -0.05) is 42.5 Å². The van der Waals surface area contributed by atoms with E-state index in [1.54, 1.807) is 93.6 Å². The van der Waals surface area contributed by atoms with Crippen LogP contribution in [-0.4, -0.2) is 103 Å². The number of anilines is 1. The molecule has 1 amide bonds. The summed E-state index contributed by atoms with van der Waals surface area (Å²) in [5.74, 6) is -1.19. The first-order valence-electron chi connectivity index (χ1n) is 19.8. The number of methoxy groups -OCH3 is 3. The lowest BCUT2D eigenvalue weighted by Gasteiger charge is -2.26. The number of sulfone groups is 1. The number of carbonyl (C=O) groups excluding carboxylic acids is 1. The van der Waals surface area contributed by atoms with E-state index in [0.717, 1.165) is 15.9 Å². The molecule has 0 unspecified atom stereocenters. The van der Waals surface area contributed by atoms with E-state index >= 15 is 8.42 Å². The van der Waals surface area contributed by atoms with Gasteiger partial charge in [0.1, 0.15) is 39.1 Å². The predicted molar refractivity (Wildman–Crippen MR) is 239 cm³/mol. The van der Waals surface area contributed by atoms with E-state index in [1.807, 2.05) is 0 Å². The van der Waals surface area contributed by atoms with E-state index in [0.29, 0.717) is 28.4 Å². The van der Waals surface area contributed by atoms with Gasteiger partial charge in [-0.05, 0) is 96.8 Å². The highest BCUT2D eigenvalue weighted by atomic mass is 32.2. The Morgan fingerprint density at radius 1 is 0.800 bits per heavy atom. The maximum atomic E-state index is 15.9. The van der Waals surface area contributed by atoms with E-state index in [2.05, 4.69) is 25.7 Å². The van der Waals surface area contributed by atoms with Crippen molar-refractivity contribution in [2.24, 2.45) is 0 Å². The molecule has 342 valence electrons. The lowest BCUT2D eigenvalue weighted by Crippen LogP contribution is -2.35. The zero-order valence-electron chi connectivity index (χ0n) is 36.4. The normalized spacial score (nSPS) is 11.9. The van der Waals surface area contributed by atoms with Crippen molar-refractivity contribution in [3.05, 3.63) is 119 Å². The summed E-state index contributed by atoms with van der Waals surface area (Å²) in [6.45, 7) is 3.97. The molecule has 0 saturated heterocycles. The Morgan fingerprint density at radius 3 is 1.85 bits per heavy atom. The van der Waals surface area contributed by atoms with Crippen LogP contribution in [0.25, 0.3) is 22.5 Å². The number of carboxylic acids is 1. The number of benzene rings is 4. The summed E-state index contributed by atoms with van der Waals surface area (Å²) >= 11 is 0. The number of aromatic carboxylic acids is 1. The third-order valence-corrected chi connectivity index (χ3v) is 13.5. The number of aromatic nitrogens is 5. The number of nitrogens with two attached hydrogens (primary N) is 1. The number of nitrogens with zero attached hydrogens (tertiary/aromatic N) is 6. The van der Waals surface area contributed by atoms with E-state index in [9.17, 15) is 23.1 Å². The van der Waals surface area contributed by atoms with Crippen molar-refractivity contribution in [2.75, 3.05) is 39.4 Å².